The summed E-state index contributed by atoms with van der Waals surface area (Å²) in [4.78, 5) is 4.96. The Morgan fingerprint density at radius 3 is 1.87 bits per heavy atom. The molecule has 3 rings (SSSR count). The second-order valence-electron chi connectivity index (χ2n) is 4.80. The number of hydrogen-bond donors (Lipinski definition) is 0. The highest BCUT2D eigenvalue weighted by atomic mass is 15.4. The van der Waals surface area contributed by atoms with Gasteiger partial charge in [-0.05, 0) is 37.8 Å². The van der Waals surface area contributed by atoms with E-state index in [9.17, 15) is 0 Å². The zero-order chi connectivity index (χ0) is 10.5. The standard InChI is InChI=1S/C13H18N2/c1-14-11-7-3-4-8-12(11)15(2)13(14)9-5-6-10-13/h3-4,7-8H,5-6,9-10H2,1-2H3. The van der Waals surface area contributed by atoms with Crippen molar-refractivity contribution < 1.29 is 0 Å². The highest BCUT2D eigenvalue weighted by Gasteiger charge is 2.47. The normalized spacial score (nSPS) is 22.5. The predicted octanol–water partition coefficient (Wildman–Crippen LogP) is 2.84. The highest BCUT2D eigenvalue weighted by Crippen LogP contribution is 2.49. The Kier molecular flexibility index (Phi) is 1.76. The first kappa shape index (κ1) is 9.08. The molecule has 2 nitrogen and oxygen atoms in total. The second-order valence-corrected chi connectivity index (χ2v) is 4.80. The molecule has 0 aromatic heterocycles. The van der Waals surface area contributed by atoms with Crippen LogP contribution < -0.4 is 9.80 Å². The van der Waals surface area contributed by atoms with Gasteiger partial charge in [-0.2, -0.15) is 0 Å². The molecule has 0 saturated heterocycles. The summed E-state index contributed by atoms with van der Waals surface area (Å²) in [6, 6.07) is 8.74. The van der Waals surface area contributed by atoms with Crippen LogP contribution in [0.25, 0.3) is 0 Å². The molecule has 1 spiro atoms. The van der Waals surface area contributed by atoms with Gasteiger partial charge in [0, 0.05) is 14.1 Å². The van der Waals surface area contributed by atoms with Crippen molar-refractivity contribution in [1.29, 1.82) is 0 Å². The van der Waals surface area contributed by atoms with Crippen LogP contribution in [-0.4, -0.2) is 19.8 Å². The third kappa shape index (κ3) is 0.996. The first-order valence-electron chi connectivity index (χ1n) is 5.82. The molecule has 2 heteroatoms. The summed E-state index contributed by atoms with van der Waals surface area (Å²) >= 11 is 0. The number of benzene rings is 1. The van der Waals surface area contributed by atoms with Gasteiger partial charge in [-0.25, -0.2) is 0 Å². The van der Waals surface area contributed by atoms with Gasteiger partial charge in [-0.15, -0.1) is 0 Å². The van der Waals surface area contributed by atoms with Crippen LogP contribution in [0.1, 0.15) is 25.7 Å². The summed E-state index contributed by atoms with van der Waals surface area (Å²) in [6.45, 7) is 0. The van der Waals surface area contributed by atoms with Crippen molar-refractivity contribution in [3.63, 3.8) is 0 Å². The molecular weight excluding hydrogens is 184 g/mol. The molecule has 0 unspecified atom stereocenters. The Hall–Kier alpha value is -1.18. The number of fused-ring (bicyclic) bond motifs is 1. The third-order valence-electron chi connectivity index (χ3n) is 4.26. The number of rotatable bonds is 0. The molecule has 2 aliphatic rings. The average Bonchev–Trinajstić information content (AvgIpc) is 2.83. The molecule has 1 aromatic carbocycles. The predicted molar refractivity (Wildman–Crippen MR) is 64.4 cm³/mol. The summed E-state index contributed by atoms with van der Waals surface area (Å²) < 4.78 is 0. The Morgan fingerprint density at radius 1 is 0.933 bits per heavy atom. The molecule has 1 aliphatic carbocycles. The first-order valence-corrected chi connectivity index (χ1v) is 5.82. The maximum atomic E-state index is 2.48. The number of para-hydroxylation sites is 2. The SMILES string of the molecule is CN1c2ccccc2N(C)C12CCCC2. The van der Waals surface area contributed by atoms with Crippen molar-refractivity contribution in [3.05, 3.63) is 24.3 Å². The minimum absolute atomic E-state index is 0.281. The van der Waals surface area contributed by atoms with Crippen LogP contribution in [0.15, 0.2) is 24.3 Å². The first-order chi connectivity index (χ1) is 7.26. The molecule has 80 valence electrons. The Labute approximate surface area is 91.5 Å². The number of hydrogen-bond acceptors (Lipinski definition) is 2. The van der Waals surface area contributed by atoms with Gasteiger partial charge < -0.3 is 9.80 Å². The lowest BCUT2D eigenvalue weighted by molar-refractivity contribution is 0.429. The fourth-order valence-electron chi connectivity index (χ4n) is 3.32. The van der Waals surface area contributed by atoms with Gasteiger partial charge in [0.25, 0.3) is 0 Å². The maximum absolute atomic E-state index is 2.48. The summed E-state index contributed by atoms with van der Waals surface area (Å²) in [7, 11) is 4.49. The van der Waals surface area contributed by atoms with Gasteiger partial charge in [-0.3, -0.25) is 0 Å². The van der Waals surface area contributed by atoms with Gasteiger partial charge in [-0.1, -0.05) is 12.1 Å². The highest BCUT2D eigenvalue weighted by molar-refractivity contribution is 5.78. The zero-order valence-electron chi connectivity index (χ0n) is 9.53. The fraction of sp³-hybridized carbons (Fsp3) is 0.538. The largest absolute Gasteiger partial charge is 0.350 e. The second kappa shape index (κ2) is 2.91. The zero-order valence-corrected chi connectivity index (χ0v) is 9.53. The molecule has 0 N–H and O–H groups in total. The van der Waals surface area contributed by atoms with E-state index in [4.69, 9.17) is 0 Å². The van der Waals surface area contributed by atoms with Gasteiger partial charge in [0.2, 0.25) is 0 Å². The van der Waals surface area contributed by atoms with E-state index in [0.29, 0.717) is 0 Å². The lowest BCUT2D eigenvalue weighted by atomic mass is 10.1. The van der Waals surface area contributed by atoms with Gasteiger partial charge in [0.05, 0.1) is 11.4 Å². The van der Waals surface area contributed by atoms with Crippen molar-refractivity contribution >= 4 is 11.4 Å². The molecule has 1 aliphatic heterocycles. The molecule has 1 aromatic rings. The van der Waals surface area contributed by atoms with Crippen molar-refractivity contribution in [2.24, 2.45) is 0 Å². The van der Waals surface area contributed by atoms with Gasteiger partial charge in [0.15, 0.2) is 0 Å². The Bertz CT molecular complexity index is 349. The van der Waals surface area contributed by atoms with Crippen LogP contribution in [0.4, 0.5) is 11.4 Å². The molecule has 0 radical (unpaired) electrons. The summed E-state index contributed by atoms with van der Waals surface area (Å²) in [5.74, 6) is 0. The fourth-order valence-corrected chi connectivity index (χ4v) is 3.32. The van der Waals surface area contributed by atoms with Crippen molar-refractivity contribution in [1.82, 2.24) is 0 Å². The van der Waals surface area contributed by atoms with E-state index in [1.54, 1.807) is 0 Å². The van der Waals surface area contributed by atoms with E-state index >= 15 is 0 Å². The maximum Gasteiger partial charge on any atom is 0.112 e. The van der Waals surface area contributed by atoms with Crippen molar-refractivity contribution in [3.8, 4) is 0 Å². The summed E-state index contributed by atoms with van der Waals surface area (Å²) in [5.41, 5.74) is 3.06. The summed E-state index contributed by atoms with van der Waals surface area (Å²) in [5, 5.41) is 0. The van der Waals surface area contributed by atoms with E-state index in [1.807, 2.05) is 0 Å². The molecule has 0 atom stereocenters. The topological polar surface area (TPSA) is 6.48 Å². The van der Waals surface area contributed by atoms with Crippen molar-refractivity contribution in [2.75, 3.05) is 23.9 Å². The smallest absolute Gasteiger partial charge is 0.112 e. The van der Waals surface area contributed by atoms with E-state index < -0.39 is 0 Å². The minimum Gasteiger partial charge on any atom is -0.350 e. The minimum atomic E-state index is 0.281. The van der Waals surface area contributed by atoms with Crippen LogP contribution >= 0.6 is 0 Å². The van der Waals surface area contributed by atoms with E-state index in [-0.39, 0.29) is 5.66 Å². The van der Waals surface area contributed by atoms with Gasteiger partial charge >= 0.3 is 0 Å². The lowest BCUT2D eigenvalue weighted by Gasteiger charge is -2.39. The van der Waals surface area contributed by atoms with E-state index in [1.165, 1.54) is 37.1 Å². The monoisotopic (exact) mass is 202 g/mol. The van der Waals surface area contributed by atoms with Crippen LogP contribution in [0.5, 0.6) is 0 Å². The van der Waals surface area contributed by atoms with Gasteiger partial charge in [0.1, 0.15) is 5.66 Å². The molecule has 0 bridgehead atoms. The Morgan fingerprint density at radius 2 is 1.40 bits per heavy atom. The Balaban J connectivity index is 2.12. The van der Waals surface area contributed by atoms with E-state index in [0.717, 1.165) is 0 Å². The number of nitrogens with zero attached hydrogens (tertiary/aromatic N) is 2. The quantitative estimate of drug-likeness (QED) is 0.638. The molecule has 1 heterocycles. The van der Waals surface area contributed by atoms with Crippen LogP contribution in [0.2, 0.25) is 0 Å². The molecule has 1 saturated carbocycles. The molecule has 15 heavy (non-hydrogen) atoms. The number of anilines is 2. The van der Waals surface area contributed by atoms with Crippen LogP contribution in [-0.2, 0) is 0 Å². The van der Waals surface area contributed by atoms with E-state index in [2.05, 4.69) is 48.2 Å². The molecule has 0 amide bonds. The molecule has 1 fully saturated rings. The van der Waals surface area contributed by atoms with Crippen LogP contribution in [0.3, 0.4) is 0 Å². The van der Waals surface area contributed by atoms with Crippen molar-refractivity contribution in [2.45, 2.75) is 31.3 Å². The third-order valence-corrected chi connectivity index (χ3v) is 4.26. The molecular formula is C13H18N2. The average molecular weight is 202 g/mol. The van der Waals surface area contributed by atoms with Crippen LogP contribution in [0, 0.1) is 0 Å². The summed E-state index contributed by atoms with van der Waals surface area (Å²) in [6.07, 6.45) is 5.33. The lowest BCUT2D eigenvalue weighted by Crippen LogP contribution is -2.52.